The second-order valence-corrected chi connectivity index (χ2v) is 4.80. The van der Waals surface area contributed by atoms with Crippen molar-refractivity contribution in [3.05, 3.63) is 58.3 Å². The van der Waals surface area contributed by atoms with Crippen molar-refractivity contribution in [2.24, 2.45) is 0 Å². The van der Waals surface area contributed by atoms with E-state index in [9.17, 15) is 9.59 Å². The Bertz CT molecular complexity index is 641. The summed E-state index contributed by atoms with van der Waals surface area (Å²) in [7, 11) is 1.29. The van der Waals surface area contributed by atoms with Crippen LogP contribution in [0, 0.1) is 0 Å². The van der Waals surface area contributed by atoms with Crippen LogP contribution in [0.2, 0.25) is 0 Å². The Balaban J connectivity index is 2.11. The average molecular weight is 335 g/mol. The number of pyridine rings is 1. The number of amides is 1. The molecule has 5 nitrogen and oxygen atoms in total. The Morgan fingerprint density at radius 2 is 2.05 bits per heavy atom. The molecule has 0 spiro atoms. The first-order valence-corrected chi connectivity index (χ1v) is 6.51. The molecule has 0 aliphatic rings. The SMILES string of the molecule is COC(=O)c1ccc(C(=O)Nc2cccc(Br)c2)nc1. The number of methoxy groups -OCH3 is 1. The molecule has 102 valence electrons. The topological polar surface area (TPSA) is 68.3 Å². The number of hydrogen-bond acceptors (Lipinski definition) is 4. The Morgan fingerprint density at radius 1 is 1.25 bits per heavy atom. The van der Waals surface area contributed by atoms with Gasteiger partial charge in [0, 0.05) is 16.4 Å². The van der Waals surface area contributed by atoms with Crippen LogP contribution in [-0.4, -0.2) is 24.0 Å². The predicted molar refractivity (Wildman–Crippen MR) is 77.7 cm³/mol. The van der Waals surface area contributed by atoms with Crippen LogP contribution < -0.4 is 5.32 Å². The Hall–Kier alpha value is -2.21. The van der Waals surface area contributed by atoms with Gasteiger partial charge in [-0.2, -0.15) is 0 Å². The average Bonchev–Trinajstić information content (AvgIpc) is 2.46. The van der Waals surface area contributed by atoms with Crippen molar-refractivity contribution in [2.75, 3.05) is 12.4 Å². The van der Waals surface area contributed by atoms with E-state index < -0.39 is 5.97 Å². The van der Waals surface area contributed by atoms with E-state index in [1.165, 1.54) is 25.4 Å². The maximum absolute atomic E-state index is 12.0. The first kappa shape index (κ1) is 14.2. The van der Waals surface area contributed by atoms with E-state index in [0.717, 1.165) is 4.47 Å². The highest BCUT2D eigenvalue weighted by molar-refractivity contribution is 9.10. The summed E-state index contributed by atoms with van der Waals surface area (Å²) >= 11 is 3.32. The highest BCUT2D eigenvalue weighted by Crippen LogP contribution is 2.16. The summed E-state index contributed by atoms with van der Waals surface area (Å²) in [6, 6.07) is 10.2. The van der Waals surface area contributed by atoms with Gasteiger partial charge in [0.1, 0.15) is 5.69 Å². The van der Waals surface area contributed by atoms with Crippen LogP contribution in [0.5, 0.6) is 0 Å². The van der Waals surface area contributed by atoms with Gasteiger partial charge in [0.15, 0.2) is 0 Å². The third-order valence-corrected chi connectivity index (χ3v) is 2.99. The van der Waals surface area contributed by atoms with Crippen molar-refractivity contribution in [3.63, 3.8) is 0 Å². The molecule has 1 aromatic heterocycles. The molecule has 0 bridgehead atoms. The highest BCUT2D eigenvalue weighted by atomic mass is 79.9. The van der Waals surface area contributed by atoms with Gasteiger partial charge in [-0.05, 0) is 30.3 Å². The second-order valence-electron chi connectivity index (χ2n) is 3.89. The number of nitrogens with one attached hydrogen (secondary N) is 1. The number of anilines is 1. The van der Waals surface area contributed by atoms with Crippen molar-refractivity contribution in [2.45, 2.75) is 0 Å². The van der Waals surface area contributed by atoms with Crippen LogP contribution in [-0.2, 0) is 4.74 Å². The third kappa shape index (κ3) is 3.42. The molecule has 1 heterocycles. The van der Waals surface area contributed by atoms with Crippen molar-refractivity contribution >= 4 is 33.5 Å². The normalized spacial score (nSPS) is 9.90. The van der Waals surface area contributed by atoms with Gasteiger partial charge >= 0.3 is 5.97 Å². The molecule has 1 N–H and O–H groups in total. The summed E-state index contributed by atoms with van der Waals surface area (Å²) in [5.41, 5.74) is 1.17. The van der Waals surface area contributed by atoms with Gasteiger partial charge in [-0.3, -0.25) is 9.78 Å². The van der Waals surface area contributed by atoms with Gasteiger partial charge in [-0.25, -0.2) is 4.79 Å². The van der Waals surface area contributed by atoms with E-state index in [1.54, 1.807) is 12.1 Å². The molecule has 6 heteroatoms. The lowest BCUT2D eigenvalue weighted by Crippen LogP contribution is -2.14. The molecule has 0 radical (unpaired) electrons. The van der Waals surface area contributed by atoms with E-state index >= 15 is 0 Å². The maximum Gasteiger partial charge on any atom is 0.339 e. The van der Waals surface area contributed by atoms with Crippen LogP contribution in [0.4, 0.5) is 5.69 Å². The van der Waals surface area contributed by atoms with E-state index in [2.05, 4.69) is 31.0 Å². The van der Waals surface area contributed by atoms with Gasteiger partial charge in [0.2, 0.25) is 0 Å². The lowest BCUT2D eigenvalue weighted by atomic mass is 10.2. The van der Waals surface area contributed by atoms with Crippen molar-refractivity contribution < 1.29 is 14.3 Å². The Kier molecular flexibility index (Phi) is 4.47. The van der Waals surface area contributed by atoms with Gasteiger partial charge in [-0.15, -0.1) is 0 Å². The van der Waals surface area contributed by atoms with Crippen LogP contribution in [0.15, 0.2) is 47.1 Å². The molecule has 0 aliphatic carbocycles. The first-order chi connectivity index (χ1) is 9.60. The molecule has 1 aromatic carbocycles. The van der Waals surface area contributed by atoms with E-state index in [-0.39, 0.29) is 11.6 Å². The van der Waals surface area contributed by atoms with Crippen molar-refractivity contribution in [1.29, 1.82) is 0 Å². The fourth-order valence-electron chi connectivity index (χ4n) is 1.53. The molecule has 0 aliphatic heterocycles. The summed E-state index contributed by atoms with van der Waals surface area (Å²) in [5, 5.41) is 2.71. The fourth-order valence-corrected chi connectivity index (χ4v) is 1.93. The number of rotatable bonds is 3. The molecule has 2 aromatic rings. The zero-order chi connectivity index (χ0) is 14.5. The number of carbonyl (C=O) groups is 2. The smallest absolute Gasteiger partial charge is 0.339 e. The van der Waals surface area contributed by atoms with E-state index in [0.29, 0.717) is 11.3 Å². The van der Waals surface area contributed by atoms with Crippen LogP contribution >= 0.6 is 15.9 Å². The molecule has 0 saturated carbocycles. The largest absolute Gasteiger partial charge is 0.465 e. The maximum atomic E-state index is 12.0. The summed E-state index contributed by atoms with van der Waals surface area (Å²) in [5.74, 6) is -0.837. The number of nitrogens with zero attached hydrogens (tertiary/aromatic N) is 1. The van der Waals surface area contributed by atoms with Crippen LogP contribution in [0.25, 0.3) is 0 Å². The third-order valence-electron chi connectivity index (χ3n) is 2.50. The minimum absolute atomic E-state index is 0.220. The molecular formula is C14H11BrN2O3. The Labute approximate surface area is 124 Å². The zero-order valence-corrected chi connectivity index (χ0v) is 12.2. The highest BCUT2D eigenvalue weighted by Gasteiger charge is 2.10. The van der Waals surface area contributed by atoms with Crippen LogP contribution in [0.1, 0.15) is 20.8 Å². The van der Waals surface area contributed by atoms with Gasteiger partial charge < -0.3 is 10.1 Å². The molecular weight excluding hydrogens is 324 g/mol. The quantitative estimate of drug-likeness (QED) is 0.876. The summed E-state index contributed by atoms with van der Waals surface area (Å²) in [4.78, 5) is 27.2. The fraction of sp³-hybridized carbons (Fsp3) is 0.0714. The number of ether oxygens (including phenoxy) is 1. The number of benzene rings is 1. The van der Waals surface area contributed by atoms with Crippen molar-refractivity contribution in [3.8, 4) is 0 Å². The molecule has 0 saturated heterocycles. The minimum atomic E-state index is -0.489. The molecule has 2 rings (SSSR count). The van der Waals surface area contributed by atoms with E-state index in [1.807, 2.05) is 12.1 Å². The summed E-state index contributed by atoms with van der Waals surface area (Å²) in [6.45, 7) is 0. The molecule has 1 amide bonds. The van der Waals surface area contributed by atoms with Gasteiger partial charge in [0.25, 0.3) is 5.91 Å². The number of aromatic nitrogens is 1. The predicted octanol–water partition coefficient (Wildman–Crippen LogP) is 2.88. The molecule has 0 fully saturated rings. The monoisotopic (exact) mass is 334 g/mol. The molecule has 0 atom stereocenters. The number of hydrogen-bond donors (Lipinski definition) is 1. The standard InChI is InChI=1S/C14H11BrN2O3/c1-20-14(19)9-5-6-12(16-8-9)13(18)17-11-4-2-3-10(15)7-11/h2-8H,1H3,(H,17,18). The van der Waals surface area contributed by atoms with E-state index in [4.69, 9.17) is 0 Å². The lowest BCUT2D eigenvalue weighted by Gasteiger charge is -2.05. The lowest BCUT2D eigenvalue weighted by molar-refractivity contribution is 0.0600. The summed E-state index contributed by atoms with van der Waals surface area (Å²) < 4.78 is 5.43. The number of carbonyl (C=O) groups excluding carboxylic acids is 2. The first-order valence-electron chi connectivity index (χ1n) is 5.71. The van der Waals surface area contributed by atoms with Crippen molar-refractivity contribution in [1.82, 2.24) is 4.98 Å². The number of halogens is 1. The molecule has 0 unspecified atom stereocenters. The Morgan fingerprint density at radius 3 is 2.65 bits per heavy atom. The molecule has 20 heavy (non-hydrogen) atoms. The van der Waals surface area contributed by atoms with Gasteiger partial charge in [-0.1, -0.05) is 22.0 Å². The van der Waals surface area contributed by atoms with Gasteiger partial charge in [0.05, 0.1) is 12.7 Å². The number of esters is 1. The summed E-state index contributed by atoms with van der Waals surface area (Å²) in [6.07, 6.45) is 1.31. The second kappa shape index (κ2) is 6.29. The zero-order valence-electron chi connectivity index (χ0n) is 10.6. The minimum Gasteiger partial charge on any atom is -0.465 e. The van der Waals surface area contributed by atoms with Crippen LogP contribution in [0.3, 0.4) is 0 Å².